The van der Waals surface area contributed by atoms with Gasteiger partial charge >= 0.3 is 0 Å². The second-order valence-corrected chi connectivity index (χ2v) is 11.8. The molecule has 0 aliphatic carbocycles. The van der Waals surface area contributed by atoms with Crippen LogP contribution in [0.5, 0.6) is 0 Å². The second-order valence-electron chi connectivity index (χ2n) is 9.87. The number of carbonyl (C=O) groups excluding carboxylic acids is 1. The summed E-state index contributed by atoms with van der Waals surface area (Å²) in [6.07, 6.45) is 2.05. The number of sulfone groups is 1. The van der Waals surface area contributed by atoms with Crippen molar-refractivity contribution >= 4 is 15.7 Å². The van der Waals surface area contributed by atoms with E-state index in [0.29, 0.717) is 26.1 Å². The Morgan fingerprint density at radius 2 is 1.84 bits per heavy atom. The van der Waals surface area contributed by atoms with Crippen molar-refractivity contribution in [2.24, 2.45) is 11.3 Å². The van der Waals surface area contributed by atoms with Crippen molar-refractivity contribution < 1.29 is 13.2 Å². The van der Waals surface area contributed by atoms with Crippen molar-refractivity contribution in [2.75, 3.05) is 6.54 Å². The molecule has 6 nitrogen and oxygen atoms in total. The molecule has 0 fully saturated rings. The third-order valence-electron chi connectivity index (χ3n) is 5.10. The third kappa shape index (κ3) is 6.92. The molecule has 0 N–H and O–H groups in total. The van der Waals surface area contributed by atoms with Gasteiger partial charge in [0.25, 0.3) is 0 Å². The molecular formula is C24H37N3O3S. The Labute approximate surface area is 187 Å². The van der Waals surface area contributed by atoms with Crippen LogP contribution in [0.3, 0.4) is 0 Å². The average molecular weight is 448 g/mol. The molecule has 0 atom stereocenters. The Morgan fingerprint density at radius 1 is 1.19 bits per heavy atom. The van der Waals surface area contributed by atoms with Gasteiger partial charge in [-0.05, 0) is 36.3 Å². The van der Waals surface area contributed by atoms with Gasteiger partial charge in [0.05, 0.1) is 24.2 Å². The molecule has 1 aromatic heterocycles. The smallest absolute Gasteiger partial charge is 0.228 e. The summed E-state index contributed by atoms with van der Waals surface area (Å²) in [7, 11) is -3.63. The first kappa shape index (κ1) is 25.1. The number of imidazole rings is 1. The van der Waals surface area contributed by atoms with Gasteiger partial charge in [-0.3, -0.25) is 4.79 Å². The summed E-state index contributed by atoms with van der Waals surface area (Å²) in [5.41, 5.74) is 2.36. The van der Waals surface area contributed by atoms with Crippen molar-refractivity contribution in [1.29, 1.82) is 0 Å². The molecule has 0 spiro atoms. The first-order valence-electron chi connectivity index (χ1n) is 10.9. The van der Waals surface area contributed by atoms with Gasteiger partial charge in [0.1, 0.15) is 0 Å². The van der Waals surface area contributed by atoms with Crippen LogP contribution in [0.25, 0.3) is 0 Å². The molecule has 0 unspecified atom stereocenters. The van der Waals surface area contributed by atoms with E-state index in [1.165, 1.54) is 0 Å². The monoisotopic (exact) mass is 447 g/mol. The number of hydrogen-bond donors (Lipinski definition) is 0. The van der Waals surface area contributed by atoms with Crippen LogP contribution in [-0.2, 0) is 33.5 Å². The maximum absolute atomic E-state index is 13.3. The quantitative estimate of drug-likeness (QED) is 0.563. The van der Waals surface area contributed by atoms with Crippen molar-refractivity contribution in [2.45, 2.75) is 78.9 Å². The summed E-state index contributed by atoms with van der Waals surface area (Å²) < 4.78 is 28.3. The number of aromatic nitrogens is 2. The molecule has 0 bridgehead atoms. The number of carbonyl (C=O) groups is 1. The lowest BCUT2D eigenvalue weighted by molar-refractivity contribution is -0.133. The first-order chi connectivity index (χ1) is 14.3. The zero-order valence-corrected chi connectivity index (χ0v) is 20.8. The molecule has 7 heteroatoms. The van der Waals surface area contributed by atoms with Crippen molar-refractivity contribution in [3.05, 3.63) is 47.3 Å². The fraction of sp³-hybridized carbons (Fsp3) is 0.583. The summed E-state index contributed by atoms with van der Waals surface area (Å²) in [4.78, 5) is 18.9. The Morgan fingerprint density at radius 3 is 2.39 bits per heavy atom. The lowest BCUT2D eigenvalue weighted by atomic mass is 9.91. The number of hydrogen-bond acceptors (Lipinski definition) is 4. The first-order valence-corrected chi connectivity index (χ1v) is 12.6. The predicted octanol–water partition coefficient (Wildman–Crippen LogP) is 4.61. The van der Waals surface area contributed by atoms with Gasteiger partial charge < -0.3 is 9.47 Å². The van der Waals surface area contributed by atoms with Crippen LogP contribution in [-0.4, -0.2) is 35.3 Å². The highest BCUT2D eigenvalue weighted by atomic mass is 32.2. The molecule has 0 saturated carbocycles. The normalized spacial score (nSPS) is 12.4. The van der Waals surface area contributed by atoms with Crippen molar-refractivity contribution in [3.8, 4) is 0 Å². The van der Waals surface area contributed by atoms with Crippen molar-refractivity contribution in [1.82, 2.24) is 14.5 Å². The van der Waals surface area contributed by atoms with Crippen LogP contribution in [0.2, 0.25) is 0 Å². The summed E-state index contributed by atoms with van der Waals surface area (Å²) in [5.74, 6) is 0.214. The number of rotatable bonds is 9. The fourth-order valence-electron chi connectivity index (χ4n) is 3.51. The standard InChI is InChI=1S/C24H37N3O3S/c1-8-26(22(28)13-24(5,6)7)16-21-14-25-23(27(21)15-18(2)3)31(29,30)17-20-12-10-9-11-19(20)4/h9-12,14,18H,8,13,15-17H2,1-7H3. The Balaban J connectivity index is 2.38. The van der Waals surface area contributed by atoms with Crippen LogP contribution in [0.4, 0.5) is 0 Å². The lowest BCUT2D eigenvalue weighted by Crippen LogP contribution is -2.34. The number of benzene rings is 1. The molecular weight excluding hydrogens is 410 g/mol. The van der Waals surface area contributed by atoms with Crippen LogP contribution < -0.4 is 0 Å². The second kappa shape index (κ2) is 9.98. The molecule has 2 rings (SSSR count). The molecule has 172 valence electrons. The Hall–Kier alpha value is -2.15. The highest BCUT2D eigenvalue weighted by Crippen LogP contribution is 2.23. The molecule has 0 aliphatic rings. The van der Waals surface area contributed by atoms with E-state index in [1.54, 1.807) is 15.7 Å². The average Bonchev–Trinajstić information content (AvgIpc) is 3.02. The Kier molecular flexibility index (Phi) is 8.09. The van der Waals surface area contributed by atoms with E-state index in [9.17, 15) is 13.2 Å². The summed E-state index contributed by atoms with van der Waals surface area (Å²) in [5, 5.41) is 0.0822. The van der Waals surface area contributed by atoms with E-state index in [4.69, 9.17) is 0 Å². The SMILES string of the molecule is CCN(Cc1cnc(S(=O)(=O)Cc2ccccc2C)n1CC(C)C)C(=O)CC(C)(C)C. The highest BCUT2D eigenvalue weighted by molar-refractivity contribution is 7.90. The van der Waals surface area contributed by atoms with E-state index in [1.807, 2.05) is 72.7 Å². The summed E-state index contributed by atoms with van der Waals surface area (Å²) in [6, 6.07) is 7.51. The minimum Gasteiger partial charge on any atom is -0.337 e. The van der Waals surface area contributed by atoms with Crippen LogP contribution in [0, 0.1) is 18.3 Å². The molecule has 1 aromatic carbocycles. The fourth-order valence-corrected chi connectivity index (χ4v) is 5.11. The molecule has 1 amide bonds. The van der Waals surface area contributed by atoms with Gasteiger partial charge in [-0.2, -0.15) is 0 Å². The summed E-state index contributed by atoms with van der Waals surface area (Å²) >= 11 is 0. The third-order valence-corrected chi connectivity index (χ3v) is 6.68. The predicted molar refractivity (Wildman–Crippen MR) is 124 cm³/mol. The molecule has 0 radical (unpaired) electrons. The van der Waals surface area contributed by atoms with Gasteiger partial charge in [0, 0.05) is 19.5 Å². The van der Waals surface area contributed by atoms with Gasteiger partial charge in [-0.25, -0.2) is 13.4 Å². The minimum atomic E-state index is -3.63. The largest absolute Gasteiger partial charge is 0.337 e. The zero-order chi connectivity index (χ0) is 23.4. The highest BCUT2D eigenvalue weighted by Gasteiger charge is 2.27. The molecule has 1 heterocycles. The number of aryl methyl sites for hydroxylation is 1. The molecule has 0 saturated heterocycles. The van der Waals surface area contributed by atoms with Crippen LogP contribution >= 0.6 is 0 Å². The van der Waals surface area contributed by atoms with Gasteiger partial charge in [0.2, 0.25) is 20.9 Å². The van der Waals surface area contributed by atoms with E-state index < -0.39 is 9.84 Å². The Bertz CT molecular complexity index is 1000. The number of amides is 1. The topological polar surface area (TPSA) is 72.3 Å². The van der Waals surface area contributed by atoms with E-state index in [2.05, 4.69) is 4.98 Å². The van der Waals surface area contributed by atoms with Crippen molar-refractivity contribution in [3.63, 3.8) is 0 Å². The zero-order valence-electron chi connectivity index (χ0n) is 20.0. The van der Waals surface area contributed by atoms with E-state index in [0.717, 1.165) is 16.8 Å². The van der Waals surface area contributed by atoms with Gasteiger partial charge in [-0.1, -0.05) is 58.9 Å². The minimum absolute atomic E-state index is 0.0663. The van der Waals surface area contributed by atoms with Crippen LogP contribution in [0.1, 0.15) is 64.8 Å². The van der Waals surface area contributed by atoms with E-state index in [-0.39, 0.29) is 28.1 Å². The molecule has 2 aromatic rings. The molecule has 31 heavy (non-hydrogen) atoms. The lowest BCUT2D eigenvalue weighted by Gasteiger charge is -2.26. The van der Waals surface area contributed by atoms with Gasteiger partial charge in [-0.15, -0.1) is 0 Å². The maximum Gasteiger partial charge on any atom is 0.228 e. The maximum atomic E-state index is 13.3. The van der Waals surface area contributed by atoms with Gasteiger partial charge in [0.15, 0.2) is 0 Å². The van der Waals surface area contributed by atoms with E-state index >= 15 is 0 Å². The number of nitrogens with zero attached hydrogens (tertiary/aromatic N) is 3. The van der Waals surface area contributed by atoms with Crippen LogP contribution in [0.15, 0.2) is 35.6 Å². The molecule has 0 aliphatic heterocycles. The summed E-state index contributed by atoms with van der Waals surface area (Å²) in [6.45, 7) is 15.5.